The summed E-state index contributed by atoms with van der Waals surface area (Å²) in [4.78, 5) is 4.95. The van der Waals surface area contributed by atoms with Gasteiger partial charge in [0.15, 0.2) is 11.9 Å². The van der Waals surface area contributed by atoms with Gasteiger partial charge < -0.3 is 9.30 Å². The first-order chi connectivity index (χ1) is 13.3. The smallest absolute Gasteiger partial charge is 0.157 e. The Balaban J connectivity index is 1.57. The molecule has 0 saturated heterocycles. The van der Waals surface area contributed by atoms with Crippen LogP contribution < -0.4 is 4.74 Å². The highest BCUT2D eigenvalue weighted by Crippen LogP contribution is 2.35. The van der Waals surface area contributed by atoms with Gasteiger partial charge in [-0.2, -0.15) is 0 Å². The lowest BCUT2D eigenvalue weighted by Gasteiger charge is -2.26. The minimum Gasteiger partial charge on any atom is -0.482 e. The molecule has 1 atom stereocenters. The zero-order valence-electron chi connectivity index (χ0n) is 14.8. The first kappa shape index (κ1) is 16.6. The lowest BCUT2D eigenvalue weighted by molar-refractivity contribution is 0.164. The Morgan fingerprint density at radius 1 is 0.963 bits per heavy atom. The van der Waals surface area contributed by atoms with Crippen LogP contribution in [0.1, 0.15) is 29.5 Å². The second kappa shape index (κ2) is 6.86. The average Bonchev–Trinajstić information content (AvgIpc) is 3.08. The fourth-order valence-corrected chi connectivity index (χ4v) is 4.05. The zero-order chi connectivity index (χ0) is 18.2. The number of benzene rings is 3. The molecule has 2 heterocycles. The molecule has 1 aliphatic rings. The van der Waals surface area contributed by atoms with Crippen LogP contribution >= 0.6 is 15.9 Å². The number of aromatic nitrogens is 2. The van der Waals surface area contributed by atoms with Gasteiger partial charge in [-0.15, -0.1) is 0 Å². The molecule has 4 aromatic rings. The Bertz CT molecular complexity index is 1100. The van der Waals surface area contributed by atoms with E-state index >= 15 is 0 Å². The summed E-state index contributed by atoms with van der Waals surface area (Å²) in [7, 11) is 0. The van der Waals surface area contributed by atoms with Crippen molar-refractivity contribution in [3.63, 3.8) is 0 Å². The Kier molecular flexibility index (Phi) is 4.21. The number of aryl methyl sites for hydroxylation is 1. The van der Waals surface area contributed by atoms with Crippen LogP contribution in [0.4, 0.5) is 0 Å². The summed E-state index contributed by atoms with van der Waals surface area (Å²) in [6.45, 7) is 0.782. The Morgan fingerprint density at radius 2 is 1.74 bits per heavy atom. The zero-order valence-corrected chi connectivity index (χ0v) is 16.4. The predicted molar refractivity (Wildman–Crippen MR) is 111 cm³/mol. The molecule has 0 amide bonds. The molecule has 3 aromatic carbocycles. The van der Waals surface area contributed by atoms with E-state index in [0.717, 1.165) is 46.5 Å². The molecule has 0 saturated carbocycles. The van der Waals surface area contributed by atoms with Crippen molar-refractivity contribution in [2.24, 2.45) is 0 Å². The molecule has 1 unspecified atom stereocenters. The van der Waals surface area contributed by atoms with Gasteiger partial charge in [-0.1, -0.05) is 58.4 Å². The number of para-hydroxylation sites is 3. The molecule has 1 aromatic heterocycles. The number of nitrogens with zero attached hydrogens (tertiary/aromatic N) is 2. The summed E-state index contributed by atoms with van der Waals surface area (Å²) < 4.78 is 9.75. The van der Waals surface area contributed by atoms with Gasteiger partial charge in [0.25, 0.3) is 0 Å². The van der Waals surface area contributed by atoms with Crippen LogP contribution in [-0.4, -0.2) is 9.55 Å². The van der Waals surface area contributed by atoms with Gasteiger partial charge in [0.1, 0.15) is 5.75 Å². The molecule has 27 heavy (non-hydrogen) atoms. The van der Waals surface area contributed by atoms with E-state index in [1.807, 2.05) is 12.1 Å². The molecular weight excluding hydrogens is 400 g/mol. The molecular formula is C23H19BrN2O. The summed E-state index contributed by atoms with van der Waals surface area (Å²) in [5.41, 5.74) is 4.70. The maximum Gasteiger partial charge on any atom is 0.157 e. The van der Waals surface area contributed by atoms with Crippen molar-refractivity contribution in [3.05, 3.63) is 94.2 Å². The summed E-state index contributed by atoms with van der Waals surface area (Å²) in [6, 6.07) is 25.1. The maximum atomic E-state index is 6.35. The standard InChI is InChI=1S/C23H19BrN2O/c24-18-12-9-16(10-13-18)15-26-20-7-3-2-6-19(20)25-23(26)22-14-11-17-5-1-4-8-21(17)27-22/h1-10,12-13,22H,11,14-15H2. The molecule has 5 rings (SSSR count). The first-order valence-corrected chi connectivity index (χ1v) is 10.0. The third kappa shape index (κ3) is 3.15. The van der Waals surface area contributed by atoms with E-state index in [4.69, 9.17) is 9.72 Å². The molecule has 0 radical (unpaired) electrons. The van der Waals surface area contributed by atoms with Gasteiger partial charge in [-0.05, 0) is 54.3 Å². The van der Waals surface area contributed by atoms with Crippen LogP contribution in [0.15, 0.2) is 77.3 Å². The number of ether oxygens (including phenoxy) is 1. The van der Waals surface area contributed by atoms with E-state index in [1.54, 1.807) is 0 Å². The van der Waals surface area contributed by atoms with Crippen LogP contribution in [0, 0.1) is 0 Å². The van der Waals surface area contributed by atoms with Crippen LogP contribution in [0.5, 0.6) is 5.75 Å². The molecule has 3 nitrogen and oxygen atoms in total. The van der Waals surface area contributed by atoms with Gasteiger partial charge in [0, 0.05) is 11.0 Å². The Hall–Kier alpha value is -2.59. The highest BCUT2D eigenvalue weighted by molar-refractivity contribution is 9.10. The van der Waals surface area contributed by atoms with Crippen molar-refractivity contribution in [1.29, 1.82) is 0 Å². The Labute approximate surface area is 166 Å². The molecule has 0 spiro atoms. The lowest BCUT2D eigenvalue weighted by Crippen LogP contribution is -2.19. The third-order valence-corrected chi connectivity index (χ3v) is 5.67. The molecule has 0 fully saturated rings. The predicted octanol–water partition coefficient (Wildman–Crippen LogP) is 5.91. The normalized spacial score (nSPS) is 16.1. The molecule has 0 N–H and O–H groups in total. The van der Waals surface area contributed by atoms with E-state index in [9.17, 15) is 0 Å². The fraction of sp³-hybridized carbons (Fsp3) is 0.174. The van der Waals surface area contributed by atoms with E-state index in [2.05, 4.69) is 81.2 Å². The van der Waals surface area contributed by atoms with E-state index in [0.29, 0.717) is 0 Å². The molecule has 4 heteroatoms. The molecule has 134 valence electrons. The van der Waals surface area contributed by atoms with Crippen LogP contribution in [0.2, 0.25) is 0 Å². The van der Waals surface area contributed by atoms with Gasteiger partial charge >= 0.3 is 0 Å². The lowest BCUT2D eigenvalue weighted by atomic mass is 10.0. The number of hydrogen-bond acceptors (Lipinski definition) is 2. The summed E-state index contributed by atoms with van der Waals surface area (Å²) in [5, 5.41) is 0. The van der Waals surface area contributed by atoms with Crippen molar-refractivity contribution in [1.82, 2.24) is 9.55 Å². The number of fused-ring (bicyclic) bond motifs is 2. The maximum absolute atomic E-state index is 6.35. The second-order valence-electron chi connectivity index (χ2n) is 6.92. The number of imidazole rings is 1. The van der Waals surface area contributed by atoms with Crippen molar-refractivity contribution < 1.29 is 4.74 Å². The summed E-state index contributed by atoms with van der Waals surface area (Å²) in [6.07, 6.45) is 1.94. The largest absolute Gasteiger partial charge is 0.482 e. The van der Waals surface area contributed by atoms with Crippen LogP contribution in [0.3, 0.4) is 0 Å². The Morgan fingerprint density at radius 3 is 2.63 bits per heavy atom. The second-order valence-corrected chi connectivity index (χ2v) is 7.84. The topological polar surface area (TPSA) is 27.1 Å². The number of rotatable bonds is 3. The third-order valence-electron chi connectivity index (χ3n) is 5.14. The number of halogens is 1. The van der Waals surface area contributed by atoms with Crippen molar-refractivity contribution >= 4 is 27.0 Å². The van der Waals surface area contributed by atoms with E-state index in [1.165, 1.54) is 11.1 Å². The molecule has 0 aliphatic carbocycles. The average molecular weight is 419 g/mol. The summed E-state index contributed by atoms with van der Waals surface area (Å²) in [5.74, 6) is 1.99. The van der Waals surface area contributed by atoms with E-state index in [-0.39, 0.29) is 6.10 Å². The van der Waals surface area contributed by atoms with Gasteiger partial charge in [-0.25, -0.2) is 4.98 Å². The molecule has 0 bridgehead atoms. The molecule has 1 aliphatic heterocycles. The fourth-order valence-electron chi connectivity index (χ4n) is 3.78. The monoisotopic (exact) mass is 418 g/mol. The minimum absolute atomic E-state index is 0.0252. The minimum atomic E-state index is -0.0252. The highest BCUT2D eigenvalue weighted by atomic mass is 79.9. The SMILES string of the molecule is Brc1ccc(Cn2c(C3CCc4ccccc4O3)nc3ccccc32)cc1. The van der Waals surface area contributed by atoms with E-state index < -0.39 is 0 Å². The highest BCUT2D eigenvalue weighted by Gasteiger charge is 2.26. The van der Waals surface area contributed by atoms with Crippen LogP contribution in [-0.2, 0) is 13.0 Å². The quantitative estimate of drug-likeness (QED) is 0.413. The van der Waals surface area contributed by atoms with Gasteiger partial charge in [-0.3, -0.25) is 0 Å². The van der Waals surface area contributed by atoms with Gasteiger partial charge in [0.2, 0.25) is 0 Å². The van der Waals surface area contributed by atoms with Crippen molar-refractivity contribution in [2.75, 3.05) is 0 Å². The first-order valence-electron chi connectivity index (χ1n) is 9.22. The van der Waals surface area contributed by atoms with Crippen molar-refractivity contribution in [3.8, 4) is 5.75 Å². The van der Waals surface area contributed by atoms with Crippen LogP contribution in [0.25, 0.3) is 11.0 Å². The van der Waals surface area contributed by atoms with Crippen molar-refractivity contribution in [2.45, 2.75) is 25.5 Å². The number of hydrogen-bond donors (Lipinski definition) is 0. The van der Waals surface area contributed by atoms with Gasteiger partial charge in [0.05, 0.1) is 11.0 Å². The summed E-state index contributed by atoms with van der Waals surface area (Å²) >= 11 is 3.52.